The van der Waals surface area contributed by atoms with Crippen LogP contribution in [0.1, 0.15) is 40.2 Å². The number of benzene rings is 4. The minimum Gasteiger partial charge on any atom is -0.454 e. The number of aromatic nitrogens is 1. The van der Waals surface area contributed by atoms with Crippen LogP contribution >= 0.6 is 0 Å². The topological polar surface area (TPSA) is 40.8 Å². The van der Waals surface area contributed by atoms with Crippen molar-refractivity contribution in [1.29, 1.82) is 5.26 Å². The van der Waals surface area contributed by atoms with Gasteiger partial charge in [0.1, 0.15) is 24.3 Å². The Labute approximate surface area is 238 Å². The summed E-state index contributed by atoms with van der Waals surface area (Å²) >= 11 is 0. The number of hydrogen-bond acceptors (Lipinski definition) is 2. The molecule has 2 heterocycles. The normalized spacial score (nSPS) is 12.8. The first-order valence-corrected chi connectivity index (χ1v) is 13.6. The summed E-state index contributed by atoms with van der Waals surface area (Å²) in [6.07, 6.45) is 0.373. The molecule has 6 aromatic rings. The lowest BCUT2D eigenvalue weighted by atomic mass is 9.87. The van der Waals surface area contributed by atoms with E-state index in [-0.39, 0.29) is 0 Å². The van der Waals surface area contributed by atoms with Crippen LogP contribution in [0.4, 0.5) is 0 Å². The largest absolute Gasteiger partial charge is 0.454 e. The Morgan fingerprint density at radius 2 is 1.48 bits per heavy atom. The summed E-state index contributed by atoms with van der Waals surface area (Å²) in [5.74, 6) is 0. The number of pyridine rings is 1. The average molecular weight is 524 g/mol. The van der Waals surface area contributed by atoms with Crippen LogP contribution < -0.4 is 4.57 Å². The van der Waals surface area contributed by atoms with Gasteiger partial charge in [0.2, 0.25) is 5.69 Å². The fraction of sp³-hybridized carbons (Fsp3) is 0.189. The smallest absolute Gasteiger partial charge is 0.216 e. The van der Waals surface area contributed by atoms with Crippen LogP contribution in [0, 0.1) is 23.7 Å². The Kier molecular flexibility index (Phi) is 5.70. The van der Waals surface area contributed by atoms with E-state index >= 15 is 0 Å². The number of fused-ring (bicyclic) bond motifs is 3. The Morgan fingerprint density at radius 3 is 2.17 bits per heavy atom. The second-order valence-electron chi connectivity index (χ2n) is 11.4. The molecular formula is C37H33N2O+. The van der Waals surface area contributed by atoms with Gasteiger partial charge in [0.25, 0.3) is 0 Å². The summed E-state index contributed by atoms with van der Waals surface area (Å²) in [4.78, 5) is 0. The lowest BCUT2D eigenvalue weighted by molar-refractivity contribution is -0.660. The third-order valence-corrected chi connectivity index (χ3v) is 7.36. The van der Waals surface area contributed by atoms with Crippen LogP contribution in [-0.2, 0) is 13.4 Å². The highest BCUT2D eigenvalue weighted by Gasteiger charge is 2.24. The van der Waals surface area contributed by atoms with Crippen molar-refractivity contribution < 1.29 is 11.7 Å². The van der Waals surface area contributed by atoms with Gasteiger partial charge in [-0.1, -0.05) is 93.6 Å². The Balaban J connectivity index is 1.53. The Hall–Kier alpha value is -4.68. The molecule has 0 saturated heterocycles. The molecule has 0 aliphatic rings. The number of hydrogen-bond donors (Lipinski definition) is 0. The van der Waals surface area contributed by atoms with Crippen LogP contribution in [0.25, 0.3) is 55.4 Å². The molecule has 0 atom stereocenters. The first-order chi connectivity index (χ1) is 20.0. The molecule has 2 aromatic heterocycles. The summed E-state index contributed by atoms with van der Waals surface area (Å²) in [7, 11) is 1.96. The van der Waals surface area contributed by atoms with Crippen LogP contribution in [0.15, 0.2) is 102 Å². The van der Waals surface area contributed by atoms with Gasteiger partial charge in [-0.15, -0.1) is 0 Å². The number of aryl methyl sites for hydroxylation is 2. The van der Waals surface area contributed by atoms with E-state index < -0.39 is 11.8 Å². The van der Waals surface area contributed by atoms with Crippen LogP contribution in [0.5, 0.6) is 0 Å². The van der Waals surface area contributed by atoms with Crippen molar-refractivity contribution in [3.63, 3.8) is 0 Å². The standard InChI is InChI=1S/C37H33N2O/c1-24-11-16-31-30-18-17-29(28-14-12-27(13-15-28)26-9-7-6-8-10-26)32(23-38)35(30)40-36(31)34(24)33-21-25(19-20-39(33)5)22-37(2,3)4/h6-21H,22H2,1-5H3/q+1/i22D2. The summed E-state index contributed by atoms with van der Waals surface area (Å²) in [5.41, 5.74) is 8.62. The van der Waals surface area contributed by atoms with Gasteiger partial charge in [0.05, 0.1) is 5.56 Å². The minimum absolute atomic E-state index is 0.502. The zero-order valence-corrected chi connectivity index (χ0v) is 23.5. The second-order valence-corrected chi connectivity index (χ2v) is 11.4. The highest BCUT2D eigenvalue weighted by Crippen LogP contribution is 2.41. The highest BCUT2D eigenvalue weighted by atomic mass is 16.3. The van der Waals surface area contributed by atoms with Gasteiger partial charge in [0.15, 0.2) is 11.8 Å². The summed E-state index contributed by atoms with van der Waals surface area (Å²) < 4.78 is 26.4. The molecular weight excluding hydrogens is 488 g/mol. The first kappa shape index (κ1) is 23.2. The molecule has 3 nitrogen and oxygen atoms in total. The van der Waals surface area contributed by atoms with Crippen LogP contribution in [0.3, 0.4) is 0 Å². The van der Waals surface area contributed by atoms with Gasteiger partial charge in [-0.25, -0.2) is 4.57 Å². The fourth-order valence-electron chi connectivity index (χ4n) is 5.47. The van der Waals surface area contributed by atoms with Crippen molar-refractivity contribution in [2.45, 2.75) is 34.1 Å². The molecule has 0 bridgehead atoms. The molecule has 0 saturated carbocycles. The van der Waals surface area contributed by atoms with Crippen LogP contribution in [0.2, 0.25) is 0 Å². The van der Waals surface area contributed by atoms with Gasteiger partial charge in [0, 0.05) is 31.2 Å². The SMILES string of the molecule is [2H]C([2H])(c1cc[n+](C)c(-c2c(C)ccc3c2oc2c(C#N)c(-c4ccc(-c5ccccc5)cc4)ccc23)c1)C(C)(C)C. The van der Waals surface area contributed by atoms with E-state index in [2.05, 4.69) is 48.5 Å². The third-order valence-electron chi connectivity index (χ3n) is 7.36. The first-order valence-electron chi connectivity index (χ1n) is 14.6. The van der Waals surface area contributed by atoms with Crippen molar-refractivity contribution in [3.8, 4) is 39.6 Å². The number of nitrogens with zero attached hydrogens (tertiary/aromatic N) is 2. The molecule has 0 aliphatic heterocycles. The zero-order chi connectivity index (χ0) is 29.8. The Morgan fingerprint density at radius 1 is 0.825 bits per heavy atom. The van der Waals surface area contributed by atoms with Gasteiger partial charge in [-0.2, -0.15) is 5.26 Å². The van der Waals surface area contributed by atoms with Crippen LogP contribution in [-0.4, -0.2) is 0 Å². The van der Waals surface area contributed by atoms with Gasteiger partial charge >= 0.3 is 0 Å². The quantitative estimate of drug-likeness (QED) is 0.216. The summed E-state index contributed by atoms with van der Waals surface area (Å²) in [6, 6.07) is 32.9. The van der Waals surface area contributed by atoms with Gasteiger partial charge in [-0.05, 0) is 52.6 Å². The minimum atomic E-state index is -1.54. The molecule has 0 N–H and O–H groups in total. The van der Waals surface area contributed by atoms with Gasteiger partial charge in [-0.3, -0.25) is 0 Å². The van der Waals surface area contributed by atoms with Gasteiger partial charge < -0.3 is 4.42 Å². The molecule has 0 amide bonds. The molecule has 4 aromatic carbocycles. The van der Waals surface area contributed by atoms with E-state index in [1.54, 1.807) is 0 Å². The monoisotopic (exact) mass is 523 g/mol. The molecule has 0 unspecified atom stereocenters. The van der Waals surface area contributed by atoms with E-state index in [9.17, 15) is 5.26 Å². The van der Waals surface area contributed by atoms with E-state index in [0.717, 1.165) is 49.8 Å². The molecule has 3 heteroatoms. The third kappa shape index (κ3) is 4.56. The average Bonchev–Trinajstić information content (AvgIpc) is 3.35. The predicted octanol–water partition coefficient (Wildman–Crippen LogP) is 9.18. The van der Waals surface area contributed by atoms with Crippen molar-refractivity contribution in [2.24, 2.45) is 12.5 Å². The number of rotatable bonds is 4. The lowest BCUT2D eigenvalue weighted by Crippen LogP contribution is -2.31. The molecule has 40 heavy (non-hydrogen) atoms. The van der Waals surface area contributed by atoms with E-state index in [4.69, 9.17) is 7.16 Å². The van der Waals surface area contributed by atoms with Crippen molar-refractivity contribution in [3.05, 3.63) is 114 Å². The Bertz CT molecular complexity index is 2010. The molecule has 0 spiro atoms. The van der Waals surface area contributed by atoms with E-state index in [0.29, 0.717) is 22.3 Å². The molecule has 0 fully saturated rings. The van der Waals surface area contributed by atoms with E-state index in [1.165, 1.54) is 0 Å². The van der Waals surface area contributed by atoms with Crippen molar-refractivity contribution >= 4 is 21.9 Å². The predicted molar refractivity (Wildman–Crippen MR) is 164 cm³/mol. The second kappa shape index (κ2) is 9.81. The zero-order valence-electron chi connectivity index (χ0n) is 25.5. The molecule has 0 aliphatic carbocycles. The maximum Gasteiger partial charge on any atom is 0.216 e. The number of furan rings is 1. The molecule has 6 rings (SSSR count). The van der Waals surface area contributed by atoms with Crippen molar-refractivity contribution in [2.75, 3.05) is 0 Å². The summed E-state index contributed by atoms with van der Waals surface area (Å²) in [6.45, 7) is 7.79. The fourth-order valence-corrected chi connectivity index (χ4v) is 5.47. The lowest BCUT2D eigenvalue weighted by Gasteiger charge is -2.18. The number of nitriles is 1. The highest BCUT2D eigenvalue weighted by molar-refractivity contribution is 6.12. The molecule has 0 radical (unpaired) electrons. The molecule has 196 valence electrons. The maximum absolute atomic E-state index is 10.4. The van der Waals surface area contributed by atoms with E-state index in [1.807, 2.05) is 94.0 Å². The maximum atomic E-state index is 10.4. The summed E-state index contributed by atoms with van der Waals surface area (Å²) in [5, 5.41) is 12.2. The van der Waals surface area contributed by atoms with Crippen molar-refractivity contribution in [1.82, 2.24) is 0 Å².